The van der Waals surface area contributed by atoms with E-state index in [1.807, 2.05) is 18.2 Å². The third-order valence-electron chi connectivity index (χ3n) is 4.41. The maximum absolute atomic E-state index is 5.88. The molecular formula is C19H19N3O. The van der Waals surface area contributed by atoms with Crippen LogP contribution in [0, 0.1) is 6.92 Å². The second kappa shape index (κ2) is 5.97. The number of aromatic nitrogens is 2. The lowest BCUT2D eigenvalue weighted by atomic mass is 10.00. The van der Waals surface area contributed by atoms with Crippen LogP contribution in [0.3, 0.4) is 0 Å². The topological polar surface area (TPSA) is 42.2 Å². The van der Waals surface area contributed by atoms with Gasteiger partial charge in [-0.1, -0.05) is 42.5 Å². The predicted molar refractivity (Wildman–Crippen MR) is 88.7 cm³/mol. The molecule has 0 aliphatic carbocycles. The van der Waals surface area contributed by atoms with E-state index >= 15 is 0 Å². The highest BCUT2D eigenvalue weighted by Gasteiger charge is 2.18. The highest BCUT2D eigenvalue weighted by molar-refractivity contribution is 5.57. The molecule has 1 aliphatic rings. The van der Waals surface area contributed by atoms with Crippen LogP contribution in [-0.2, 0) is 19.5 Å². The molecule has 0 spiro atoms. The van der Waals surface area contributed by atoms with E-state index in [9.17, 15) is 0 Å². The largest absolute Gasteiger partial charge is 0.419 e. The minimum absolute atomic E-state index is 0.607. The Labute approximate surface area is 135 Å². The van der Waals surface area contributed by atoms with Crippen molar-refractivity contribution in [1.29, 1.82) is 0 Å². The molecule has 0 unspecified atom stereocenters. The second-order valence-electron chi connectivity index (χ2n) is 6.05. The first-order chi connectivity index (χ1) is 11.3. The summed E-state index contributed by atoms with van der Waals surface area (Å²) in [4.78, 5) is 2.36. The van der Waals surface area contributed by atoms with Gasteiger partial charge in [-0.25, -0.2) is 0 Å². The number of hydrogen-bond acceptors (Lipinski definition) is 4. The molecule has 116 valence electrons. The third-order valence-corrected chi connectivity index (χ3v) is 4.41. The third kappa shape index (κ3) is 2.90. The Morgan fingerprint density at radius 3 is 2.65 bits per heavy atom. The second-order valence-corrected chi connectivity index (χ2v) is 6.05. The van der Waals surface area contributed by atoms with Crippen LogP contribution in [0.4, 0.5) is 0 Å². The summed E-state index contributed by atoms with van der Waals surface area (Å²) >= 11 is 0. The normalized spacial score (nSPS) is 14.7. The molecule has 1 aliphatic heterocycles. The first kappa shape index (κ1) is 14.2. The molecule has 2 heterocycles. The zero-order chi connectivity index (χ0) is 15.6. The average Bonchev–Trinajstić information content (AvgIpc) is 3.03. The fourth-order valence-electron chi connectivity index (χ4n) is 3.12. The van der Waals surface area contributed by atoms with E-state index in [0.717, 1.165) is 30.6 Å². The standard InChI is InChI=1S/C19H19N3O/c1-14-6-2-5-9-17(14)19-21-20-18(23-19)13-22-11-10-15-7-3-4-8-16(15)12-22/h2-9H,10-13H2,1H3. The van der Waals surface area contributed by atoms with Gasteiger partial charge in [0.15, 0.2) is 0 Å². The van der Waals surface area contributed by atoms with Crippen molar-refractivity contribution in [2.24, 2.45) is 0 Å². The van der Waals surface area contributed by atoms with E-state index in [2.05, 4.69) is 52.4 Å². The fourth-order valence-corrected chi connectivity index (χ4v) is 3.12. The van der Waals surface area contributed by atoms with Crippen molar-refractivity contribution in [2.75, 3.05) is 6.54 Å². The van der Waals surface area contributed by atoms with Gasteiger partial charge in [0.25, 0.3) is 0 Å². The summed E-state index contributed by atoms with van der Waals surface area (Å²) in [5.41, 5.74) is 5.01. The summed E-state index contributed by atoms with van der Waals surface area (Å²) in [6.07, 6.45) is 1.08. The molecule has 1 aromatic heterocycles. The molecule has 0 bridgehead atoms. The summed E-state index contributed by atoms with van der Waals surface area (Å²) in [5, 5.41) is 8.44. The van der Waals surface area contributed by atoms with Crippen LogP contribution in [0.5, 0.6) is 0 Å². The zero-order valence-corrected chi connectivity index (χ0v) is 13.2. The van der Waals surface area contributed by atoms with Crippen LogP contribution in [0.2, 0.25) is 0 Å². The molecule has 0 N–H and O–H groups in total. The summed E-state index contributed by atoms with van der Waals surface area (Å²) in [7, 11) is 0. The van der Waals surface area contributed by atoms with Crippen LogP contribution < -0.4 is 0 Å². The molecule has 0 fully saturated rings. The van der Waals surface area contributed by atoms with Crippen LogP contribution in [0.1, 0.15) is 22.6 Å². The van der Waals surface area contributed by atoms with Gasteiger partial charge >= 0.3 is 0 Å². The van der Waals surface area contributed by atoms with Gasteiger partial charge in [0.2, 0.25) is 11.8 Å². The average molecular weight is 305 g/mol. The van der Waals surface area contributed by atoms with Crippen molar-refractivity contribution in [1.82, 2.24) is 15.1 Å². The zero-order valence-electron chi connectivity index (χ0n) is 13.2. The summed E-state index contributed by atoms with van der Waals surface area (Å²) in [6.45, 7) is 4.73. The van der Waals surface area contributed by atoms with E-state index in [1.165, 1.54) is 11.1 Å². The highest BCUT2D eigenvalue weighted by Crippen LogP contribution is 2.23. The molecular weight excluding hydrogens is 286 g/mol. The van der Waals surface area contributed by atoms with Gasteiger partial charge in [-0.05, 0) is 36.1 Å². The Morgan fingerprint density at radius 1 is 1.00 bits per heavy atom. The Morgan fingerprint density at radius 2 is 1.78 bits per heavy atom. The summed E-state index contributed by atoms with van der Waals surface area (Å²) < 4.78 is 5.88. The molecule has 3 aromatic rings. The molecule has 0 saturated carbocycles. The first-order valence-electron chi connectivity index (χ1n) is 7.97. The van der Waals surface area contributed by atoms with Crippen molar-refractivity contribution in [2.45, 2.75) is 26.4 Å². The number of aryl methyl sites for hydroxylation is 1. The molecule has 23 heavy (non-hydrogen) atoms. The fraction of sp³-hybridized carbons (Fsp3) is 0.263. The van der Waals surface area contributed by atoms with Crippen LogP contribution in [0.25, 0.3) is 11.5 Å². The summed E-state index contributed by atoms with van der Waals surface area (Å²) in [6, 6.07) is 16.7. The van der Waals surface area contributed by atoms with E-state index in [0.29, 0.717) is 18.3 Å². The SMILES string of the molecule is Cc1ccccc1-c1nnc(CN2CCc3ccccc3C2)o1. The maximum Gasteiger partial charge on any atom is 0.248 e. The lowest BCUT2D eigenvalue weighted by Gasteiger charge is -2.27. The highest BCUT2D eigenvalue weighted by atomic mass is 16.4. The van der Waals surface area contributed by atoms with Crippen molar-refractivity contribution in [3.63, 3.8) is 0 Å². The summed E-state index contributed by atoms with van der Waals surface area (Å²) in [5.74, 6) is 1.29. The van der Waals surface area contributed by atoms with Crippen molar-refractivity contribution >= 4 is 0 Å². The lowest BCUT2D eigenvalue weighted by molar-refractivity contribution is 0.222. The van der Waals surface area contributed by atoms with Crippen molar-refractivity contribution in [3.05, 3.63) is 71.1 Å². The molecule has 4 heteroatoms. The number of hydrogen-bond donors (Lipinski definition) is 0. The maximum atomic E-state index is 5.88. The molecule has 2 aromatic carbocycles. The molecule has 0 saturated heterocycles. The number of fused-ring (bicyclic) bond motifs is 1. The van der Waals surface area contributed by atoms with E-state index in [1.54, 1.807) is 0 Å². The van der Waals surface area contributed by atoms with E-state index < -0.39 is 0 Å². The number of benzene rings is 2. The van der Waals surface area contributed by atoms with E-state index in [4.69, 9.17) is 4.42 Å². The molecule has 4 nitrogen and oxygen atoms in total. The Balaban J connectivity index is 1.50. The minimum atomic E-state index is 0.607. The van der Waals surface area contributed by atoms with Gasteiger partial charge in [-0.3, -0.25) is 4.90 Å². The van der Waals surface area contributed by atoms with Crippen molar-refractivity contribution in [3.8, 4) is 11.5 Å². The van der Waals surface area contributed by atoms with Gasteiger partial charge in [0, 0.05) is 18.7 Å². The van der Waals surface area contributed by atoms with Crippen LogP contribution in [-0.4, -0.2) is 21.6 Å². The number of rotatable bonds is 3. The van der Waals surface area contributed by atoms with Crippen molar-refractivity contribution < 1.29 is 4.42 Å². The van der Waals surface area contributed by atoms with Gasteiger partial charge in [-0.15, -0.1) is 10.2 Å². The molecule has 0 radical (unpaired) electrons. The van der Waals surface area contributed by atoms with Gasteiger partial charge in [-0.2, -0.15) is 0 Å². The lowest BCUT2D eigenvalue weighted by Crippen LogP contribution is -2.30. The number of nitrogens with zero attached hydrogens (tertiary/aromatic N) is 3. The quantitative estimate of drug-likeness (QED) is 0.741. The molecule has 4 rings (SSSR count). The van der Waals surface area contributed by atoms with Gasteiger partial charge < -0.3 is 4.42 Å². The minimum Gasteiger partial charge on any atom is -0.419 e. The molecule has 0 amide bonds. The Bertz CT molecular complexity index is 825. The van der Waals surface area contributed by atoms with Gasteiger partial charge in [0.1, 0.15) is 0 Å². The Hall–Kier alpha value is -2.46. The van der Waals surface area contributed by atoms with Gasteiger partial charge in [0.05, 0.1) is 6.54 Å². The van der Waals surface area contributed by atoms with Crippen LogP contribution in [0.15, 0.2) is 52.9 Å². The predicted octanol–water partition coefficient (Wildman–Crippen LogP) is 3.60. The van der Waals surface area contributed by atoms with Crippen LogP contribution >= 0.6 is 0 Å². The Kier molecular flexibility index (Phi) is 3.67. The smallest absolute Gasteiger partial charge is 0.248 e. The monoisotopic (exact) mass is 305 g/mol. The molecule has 0 atom stereocenters. The first-order valence-corrected chi connectivity index (χ1v) is 7.97. The van der Waals surface area contributed by atoms with E-state index in [-0.39, 0.29) is 0 Å².